The SMILES string of the molecule is CC(C)=CC[C@]12O[C@H]1CC=CC2=O. The van der Waals surface area contributed by atoms with Gasteiger partial charge in [0.1, 0.15) is 0 Å². The van der Waals surface area contributed by atoms with E-state index in [2.05, 4.69) is 6.08 Å². The summed E-state index contributed by atoms with van der Waals surface area (Å²) in [5, 5.41) is 0. The van der Waals surface area contributed by atoms with Crippen LogP contribution in [0.15, 0.2) is 23.8 Å². The van der Waals surface area contributed by atoms with Crippen LogP contribution in [0.4, 0.5) is 0 Å². The Morgan fingerprint density at radius 1 is 1.77 bits per heavy atom. The first-order valence-electron chi connectivity index (χ1n) is 4.67. The minimum absolute atomic E-state index is 0.140. The zero-order chi connectivity index (χ0) is 9.47. The van der Waals surface area contributed by atoms with Crippen molar-refractivity contribution in [1.82, 2.24) is 0 Å². The van der Waals surface area contributed by atoms with Crippen LogP contribution in [-0.4, -0.2) is 17.5 Å². The maximum absolute atomic E-state index is 11.5. The van der Waals surface area contributed by atoms with Crippen molar-refractivity contribution < 1.29 is 9.53 Å². The van der Waals surface area contributed by atoms with Crippen LogP contribution in [0.2, 0.25) is 0 Å². The van der Waals surface area contributed by atoms with Gasteiger partial charge in [-0.1, -0.05) is 17.7 Å². The zero-order valence-corrected chi connectivity index (χ0v) is 8.04. The number of carbonyl (C=O) groups excluding carboxylic acids is 1. The Hall–Kier alpha value is -0.890. The highest BCUT2D eigenvalue weighted by Crippen LogP contribution is 2.46. The first-order valence-corrected chi connectivity index (χ1v) is 4.67. The predicted molar refractivity (Wildman–Crippen MR) is 50.4 cm³/mol. The number of allylic oxidation sites excluding steroid dienone is 1. The molecule has 2 nitrogen and oxygen atoms in total. The van der Waals surface area contributed by atoms with Crippen molar-refractivity contribution in [2.75, 3.05) is 0 Å². The first-order chi connectivity index (χ1) is 6.15. The lowest BCUT2D eigenvalue weighted by Crippen LogP contribution is -2.27. The molecule has 0 radical (unpaired) electrons. The van der Waals surface area contributed by atoms with Crippen LogP contribution in [0.3, 0.4) is 0 Å². The fraction of sp³-hybridized carbons (Fsp3) is 0.545. The van der Waals surface area contributed by atoms with Crippen LogP contribution >= 0.6 is 0 Å². The number of ether oxygens (including phenoxy) is 1. The Bertz CT molecular complexity index is 297. The van der Waals surface area contributed by atoms with Crippen molar-refractivity contribution in [3.05, 3.63) is 23.8 Å². The van der Waals surface area contributed by atoms with Gasteiger partial charge in [0.25, 0.3) is 0 Å². The van der Waals surface area contributed by atoms with Crippen LogP contribution < -0.4 is 0 Å². The van der Waals surface area contributed by atoms with Gasteiger partial charge in [-0.15, -0.1) is 0 Å². The molecule has 0 aromatic heterocycles. The van der Waals surface area contributed by atoms with Crippen molar-refractivity contribution in [2.24, 2.45) is 0 Å². The van der Waals surface area contributed by atoms with E-state index in [4.69, 9.17) is 4.74 Å². The monoisotopic (exact) mass is 178 g/mol. The highest BCUT2D eigenvalue weighted by atomic mass is 16.6. The molecule has 2 atom stereocenters. The molecule has 1 aliphatic carbocycles. The van der Waals surface area contributed by atoms with Crippen molar-refractivity contribution in [3.8, 4) is 0 Å². The second kappa shape index (κ2) is 2.81. The lowest BCUT2D eigenvalue weighted by molar-refractivity contribution is -0.119. The van der Waals surface area contributed by atoms with E-state index in [1.807, 2.05) is 19.9 Å². The number of hydrogen-bond acceptors (Lipinski definition) is 2. The van der Waals surface area contributed by atoms with Gasteiger partial charge in [0.05, 0.1) is 6.10 Å². The molecule has 1 saturated heterocycles. The van der Waals surface area contributed by atoms with E-state index >= 15 is 0 Å². The maximum Gasteiger partial charge on any atom is 0.190 e. The molecule has 2 aliphatic rings. The highest BCUT2D eigenvalue weighted by Gasteiger charge is 2.60. The van der Waals surface area contributed by atoms with Crippen LogP contribution in [0.1, 0.15) is 26.7 Å². The van der Waals surface area contributed by atoms with E-state index in [9.17, 15) is 4.79 Å². The Balaban J connectivity index is 2.11. The van der Waals surface area contributed by atoms with Crippen LogP contribution in [0.5, 0.6) is 0 Å². The lowest BCUT2D eigenvalue weighted by atomic mass is 9.89. The largest absolute Gasteiger partial charge is 0.357 e. The minimum Gasteiger partial charge on any atom is -0.357 e. The van der Waals surface area contributed by atoms with Crippen molar-refractivity contribution in [2.45, 2.75) is 38.4 Å². The molecule has 0 spiro atoms. The second-order valence-electron chi connectivity index (χ2n) is 3.98. The molecule has 0 amide bonds. The van der Waals surface area contributed by atoms with Gasteiger partial charge in [0.15, 0.2) is 11.4 Å². The van der Waals surface area contributed by atoms with E-state index in [-0.39, 0.29) is 11.9 Å². The zero-order valence-electron chi connectivity index (χ0n) is 8.04. The van der Waals surface area contributed by atoms with E-state index in [0.717, 1.165) is 12.8 Å². The Kier molecular flexibility index (Phi) is 1.88. The molecule has 1 heterocycles. The first kappa shape index (κ1) is 8.70. The van der Waals surface area contributed by atoms with E-state index < -0.39 is 5.60 Å². The standard InChI is InChI=1S/C11H14O2/c1-8(2)6-7-11-9(12)4-3-5-10(11)13-11/h3-4,6,10H,5,7H2,1-2H3/t10-,11+/m0/s1. The summed E-state index contributed by atoms with van der Waals surface area (Å²) in [6.07, 6.45) is 7.42. The lowest BCUT2D eigenvalue weighted by Gasteiger charge is -2.09. The predicted octanol–water partition coefficient (Wildman–Crippen LogP) is 2.01. The molecule has 70 valence electrons. The van der Waals surface area contributed by atoms with E-state index in [1.165, 1.54) is 5.57 Å². The minimum atomic E-state index is -0.466. The molecule has 0 N–H and O–H groups in total. The van der Waals surface area contributed by atoms with E-state index in [1.54, 1.807) is 6.08 Å². The number of epoxide rings is 1. The van der Waals surface area contributed by atoms with Crippen LogP contribution in [0, 0.1) is 0 Å². The molecule has 0 aromatic rings. The number of carbonyl (C=O) groups is 1. The van der Waals surface area contributed by atoms with Crippen molar-refractivity contribution >= 4 is 5.78 Å². The topological polar surface area (TPSA) is 29.6 Å². The summed E-state index contributed by atoms with van der Waals surface area (Å²) >= 11 is 0. The molecule has 1 aliphatic heterocycles. The van der Waals surface area contributed by atoms with Crippen molar-refractivity contribution in [3.63, 3.8) is 0 Å². The smallest absolute Gasteiger partial charge is 0.190 e. The van der Waals surface area contributed by atoms with Gasteiger partial charge in [-0.2, -0.15) is 0 Å². The Morgan fingerprint density at radius 2 is 2.54 bits per heavy atom. The Morgan fingerprint density at radius 3 is 3.15 bits per heavy atom. The van der Waals surface area contributed by atoms with Gasteiger partial charge in [-0.3, -0.25) is 4.79 Å². The molecular formula is C11H14O2. The van der Waals surface area contributed by atoms with E-state index in [0.29, 0.717) is 0 Å². The molecule has 0 unspecified atom stereocenters. The average Bonchev–Trinajstić information content (AvgIpc) is 2.78. The molecule has 13 heavy (non-hydrogen) atoms. The third kappa shape index (κ3) is 1.35. The molecule has 0 saturated carbocycles. The van der Waals surface area contributed by atoms with Gasteiger partial charge in [-0.25, -0.2) is 0 Å². The summed E-state index contributed by atoms with van der Waals surface area (Å²) in [5.74, 6) is 0.140. The summed E-state index contributed by atoms with van der Waals surface area (Å²) in [4.78, 5) is 11.5. The normalized spacial score (nSPS) is 35.5. The van der Waals surface area contributed by atoms with Crippen molar-refractivity contribution in [1.29, 1.82) is 0 Å². The van der Waals surface area contributed by atoms with Crippen LogP contribution in [-0.2, 0) is 9.53 Å². The third-order valence-corrected chi connectivity index (χ3v) is 2.67. The van der Waals surface area contributed by atoms with Gasteiger partial charge in [0, 0.05) is 6.42 Å². The quantitative estimate of drug-likeness (QED) is 0.478. The fourth-order valence-electron chi connectivity index (χ4n) is 1.75. The molecule has 0 aromatic carbocycles. The summed E-state index contributed by atoms with van der Waals surface area (Å²) < 4.78 is 5.47. The third-order valence-electron chi connectivity index (χ3n) is 2.67. The maximum atomic E-state index is 11.5. The molecule has 1 fully saturated rings. The number of rotatable bonds is 2. The molecule has 0 bridgehead atoms. The average molecular weight is 178 g/mol. The number of fused-ring (bicyclic) bond motifs is 1. The summed E-state index contributed by atoms with van der Waals surface area (Å²) in [6.45, 7) is 4.08. The highest BCUT2D eigenvalue weighted by molar-refractivity contribution is 6.00. The Labute approximate surface area is 78.3 Å². The number of ketones is 1. The van der Waals surface area contributed by atoms with Gasteiger partial charge in [0.2, 0.25) is 0 Å². The van der Waals surface area contributed by atoms with Crippen LogP contribution in [0.25, 0.3) is 0 Å². The summed E-state index contributed by atoms with van der Waals surface area (Å²) in [7, 11) is 0. The summed E-state index contributed by atoms with van der Waals surface area (Å²) in [5.41, 5.74) is 0.775. The molecule has 2 rings (SSSR count). The fourth-order valence-corrected chi connectivity index (χ4v) is 1.75. The summed E-state index contributed by atoms with van der Waals surface area (Å²) in [6, 6.07) is 0. The second-order valence-corrected chi connectivity index (χ2v) is 3.98. The van der Waals surface area contributed by atoms with Gasteiger partial charge in [-0.05, 0) is 26.3 Å². The molecular weight excluding hydrogens is 164 g/mol. The number of hydrogen-bond donors (Lipinski definition) is 0. The van der Waals surface area contributed by atoms with Gasteiger partial charge >= 0.3 is 0 Å². The van der Waals surface area contributed by atoms with Gasteiger partial charge < -0.3 is 4.74 Å². The molecule has 2 heteroatoms.